The van der Waals surface area contributed by atoms with Crippen molar-refractivity contribution in [3.63, 3.8) is 0 Å². The number of nitrogens with one attached hydrogen (secondary N) is 1. The molecular weight excluding hydrogens is 419 g/mol. The molecule has 3 N–H and O–H groups in total. The summed E-state index contributed by atoms with van der Waals surface area (Å²) in [6.07, 6.45) is 0.454. The van der Waals surface area contributed by atoms with Crippen LogP contribution < -0.4 is 10.9 Å². The molecule has 1 aliphatic rings. The first-order valence-electron chi connectivity index (χ1n) is 8.07. The summed E-state index contributed by atoms with van der Waals surface area (Å²) >= 11 is 3.20. The summed E-state index contributed by atoms with van der Waals surface area (Å²) in [5, 5.41) is 21.7. The Morgan fingerprint density at radius 2 is 2.11 bits per heavy atom. The molecule has 0 spiro atoms. The molecule has 0 aliphatic carbocycles. The Labute approximate surface area is 163 Å². The number of nitrogens with zero attached hydrogens (tertiary/aromatic N) is 3. The quantitative estimate of drug-likeness (QED) is 0.668. The van der Waals surface area contributed by atoms with E-state index in [-0.39, 0.29) is 17.8 Å². The van der Waals surface area contributed by atoms with Gasteiger partial charge in [0.25, 0.3) is 5.56 Å². The van der Waals surface area contributed by atoms with Crippen molar-refractivity contribution in [2.75, 3.05) is 18.5 Å². The van der Waals surface area contributed by atoms with Gasteiger partial charge in [-0.3, -0.25) is 9.36 Å². The first kappa shape index (κ1) is 19.3. The highest BCUT2D eigenvalue weighted by Gasteiger charge is 2.25. The van der Waals surface area contributed by atoms with Crippen LogP contribution in [-0.2, 0) is 7.05 Å². The van der Waals surface area contributed by atoms with Crippen LogP contribution in [0.5, 0.6) is 0 Å². The van der Waals surface area contributed by atoms with Crippen molar-refractivity contribution in [2.24, 2.45) is 12.0 Å². The Morgan fingerprint density at radius 3 is 2.78 bits per heavy atom. The summed E-state index contributed by atoms with van der Waals surface area (Å²) in [4.78, 5) is 18.1. The van der Waals surface area contributed by atoms with Crippen molar-refractivity contribution in [3.05, 3.63) is 57.1 Å². The molecule has 1 aliphatic heterocycles. The lowest BCUT2D eigenvalue weighted by Crippen LogP contribution is -2.34. The molecule has 1 aromatic carbocycles. The Bertz CT molecular complexity index is 989. The maximum absolute atomic E-state index is 14.2. The van der Waals surface area contributed by atoms with Gasteiger partial charge in [-0.1, -0.05) is 22.5 Å². The van der Waals surface area contributed by atoms with Crippen LogP contribution in [0.15, 0.2) is 45.1 Å². The summed E-state index contributed by atoms with van der Waals surface area (Å²) in [5.41, 5.74) is 1.19. The highest BCUT2D eigenvalue weighted by atomic mass is 79.9. The first-order valence-corrected chi connectivity index (χ1v) is 8.86. The number of pyridine rings is 1. The number of fused-ring (bicyclic) bond motifs is 1. The lowest BCUT2D eigenvalue weighted by atomic mass is 10.1. The monoisotopic (exact) mass is 436 g/mol. The third-order valence-corrected chi connectivity index (χ3v) is 4.68. The van der Waals surface area contributed by atoms with Gasteiger partial charge in [-0.2, -0.15) is 0 Å². The van der Waals surface area contributed by atoms with Crippen LogP contribution in [0.2, 0.25) is 0 Å². The zero-order chi connectivity index (χ0) is 19.7. The van der Waals surface area contributed by atoms with Crippen molar-refractivity contribution in [1.29, 1.82) is 0 Å². The van der Waals surface area contributed by atoms with Gasteiger partial charge in [0.05, 0.1) is 42.5 Å². The number of hydrogen-bond donors (Lipinski definition) is 3. The summed E-state index contributed by atoms with van der Waals surface area (Å²) in [7, 11) is 1.58. The molecule has 0 unspecified atom stereocenters. The van der Waals surface area contributed by atoms with Crippen molar-refractivity contribution < 1.29 is 14.6 Å². The number of rotatable bonds is 5. The molecule has 0 fully saturated rings. The minimum atomic E-state index is -0.984. The van der Waals surface area contributed by atoms with E-state index in [0.717, 1.165) is 0 Å². The molecule has 0 radical (unpaired) electrons. The van der Waals surface area contributed by atoms with Crippen molar-refractivity contribution in [2.45, 2.75) is 6.10 Å². The van der Waals surface area contributed by atoms with Crippen molar-refractivity contribution >= 4 is 45.2 Å². The molecule has 7 nitrogen and oxygen atoms in total. The molecule has 1 atom stereocenters. The summed E-state index contributed by atoms with van der Waals surface area (Å²) < 4.78 is 16.2. The zero-order valence-electron chi connectivity index (χ0n) is 14.5. The summed E-state index contributed by atoms with van der Waals surface area (Å²) in [6.45, 7) is 3.69. The fraction of sp³-hybridized carbons (Fsp3) is 0.222. The fourth-order valence-corrected chi connectivity index (χ4v) is 3.07. The average Bonchev–Trinajstić information content (AvgIpc) is 2.63. The van der Waals surface area contributed by atoms with Gasteiger partial charge in [0.1, 0.15) is 11.6 Å². The second kappa shape index (κ2) is 7.63. The lowest BCUT2D eigenvalue weighted by Gasteiger charge is -2.30. The van der Waals surface area contributed by atoms with E-state index in [9.17, 15) is 14.3 Å². The van der Waals surface area contributed by atoms with Crippen LogP contribution >= 0.6 is 15.9 Å². The van der Waals surface area contributed by atoms with Gasteiger partial charge in [0.2, 0.25) is 0 Å². The minimum Gasteiger partial charge on any atom is -0.394 e. The van der Waals surface area contributed by atoms with E-state index in [0.29, 0.717) is 27.2 Å². The second-order valence-corrected chi connectivity index (χ2v) is 7.00. The van der Waals surface area contributed by atoms with Crippen LogP contribution in [0.3, 0.4) is 0 Å². The number of halogens is 2. The molecule has 1 aromatic heterocycles. The van der Waals surface area contributed by atoms with Crippen LogP contribution in [0, 0.1) is 5.82 Å². The molecule has 0 amide bonds. The number of aliphatic imine (C=N–C) groups is 1. The van der Waals surface area contributed by atoms with E-state index in [1.807, 2.05) is 0 Å². The van der Waals surface area contributed by atoms with Crippen LogP contribution in [0.25, 0.3) is 5.70 Å². The predicted octanol–water partition coefficient (Wildman–Crippen LogP) is 2.33. The highest BCUT2D eigenvalue weighted by Crippen LogP contribution is 2.37. The Morgan fingerprint density at radius 1 is 1.37 bits per heavy atom. The first-order chi connectivity index (χ1) is 12.8. The Hall–Kier alpha value is -2.49. The van der Waals surface area contributed by atoms with Crippen molar-refractivity contribution in [1.82, 2.24) is 9.47 Å². The molecule has 2 aromatic rings. The molecule has 0 bridgehead atoms. The third kappa shape index (κ3) is 3.80. The zero-order valence-corrected chi connectivity index (χ0v) is 16.1. The largest absolute Gasteiger partial charge is 0.394 e. The van der Waals surface area contributed by atoms with Gasteiger partial charge >= 0.3 is 0 Å². The fourth-order valence-electron chi connectivity index (χ4n) is 2.73. The van der Waals surface area contributed by atoms with Gasteiger partial charge in [-0.15, -0.1) is 0 Å². The molecule has 3 rings (SSSR count). The summed E-state index contributed by atoms with van der Waals surface area (Å²) in [6, 6.07) is 5.88. The van der Waals surface area contributed by atoms with E-state index >= 15 is 0 Å². The topological polar surface area (TPSA) is 90.1 Å². The maximum Gasteiger partial charge on any atom is 0.254 e. The van der Waals surface area contributed by atoms with Gasteiger partial charge in [-0.05, 0) is 18.2 Å². The molecule has 142 valence electrons. The smallest absolute Gasteiger partial charge is 0.254 e. The molecule has 9 heteroatoms. The van der Waals surface area contributed by atoms with Gasteiger partial charge in [0, 0.05) is 23.3 Å². The lowest BCUT2D eigenvalue weighted by molar-refractivity contribution is 0.0855. The number of aliphatic hydroxyl groups is 2. The minimum absolute atomic E-state index is 0.0766. The van der Waals surface area contributed by atoms with Crippen LogP contribution in [-0.4, -0.2) is 45.3 Å². The van der Waals surface area contributed by atoms with E-state index in [1.165, 1.54) is 23.0 Å². The maximum atomic E-state index is 14.2. The number of aromatic nitrogens is 1. The van der Waals surface area contributed by atoms with E-state index in [2.05, 4.69) is 32.8 Å². The second-order valence-electron chi connectivity index (χ2n) is 6.08. The Balaban J connectivity index is 2.07. The molecule has 0 saturated carbocycles. The van der Waals surface area contributed by atoms with Gasteiger partial charge < -0.3 is 20.4 Å². The van der Waals surface area contributed by atoms with Gasteiger partial charge in [-0.25, -0.2) is 9.38 Å². The molecule has 0 saturated heterocycles. The molecule has 27 heavy (non-hydrogen) atoms. The number of β-amino-alcohol motifs (C(OH)–C–C–N with tert-alkyl or cyclic N) is 1. The SMILES string of the molecule is C=C1c2c(Nc3ccc(Br)cc3F)cc(=O)n(C)c2N=CN1C[C@@H](O)CO. The number of aliphatic hydroxyl groups excluding tert-OH is 2. The summed E-state index contributed by atoms with van der Waals surface area (Å²) in [5.74, 6) is -0.126. The van der Waals surface area contributed by atoms with Gasteiger partial charge in [0.15, 0.2) is 0 Å². The van der Waals surface area contributed by atoms with Crippen LogP contribution in [0.4, 0.5) is 21.6 Å². The number of benzene rings is 1. The third-order valence-electron chi connectivity index (χ3n) is 4.18. The number of hydrogen-bond acceptors (Lipinski definition) is 6. The average molecular weight is 437 g/mol. The Kier molecular flexibility index (Phi) is 5.45. The normalized spacial score (nSPS) is 14.3. The van der Waals surface area contributed by atoms with E-state index in [4.69, 9.17) is 5.11 Å². The van der Waals surface area contributed by atoms with E-state index < -0.39 is 18.5 Å². The molecule has 2 heterocycles. The highest BCUT2D eigenvalue weighted by molar-refractivity contribution is 9.10. The predicted molar refractivity (Wildman–Crippen MR) is 106 cm³/mol. The standard InChI is InChI=1S/C18H18BrFN4O3/c1-10-17-15(22-14-4-3-11(19)5-13(14)20)6-16(27)23(2)18(17)21-9-24(10)7-12(26)8-25/h3-6,9,12,22,25-26H,1,7-8H2,2H3/t12-/m1/s1. The van der Waals surface area contributed by atoms with Crippen molar-refractivity contribution in [3.8, 4) is 0 Å². The molecular formula is C18H18BrFN4O3. The van der Waals surface area contributed by atoms with E-state index in [1.54, 1.807) is 24.1 Å². The number of anilines is 2. The van der Waals surface area contributed by atoms with Crippen LogP contribution in [0.1, 0.15) is 5.56 Å².